The summed E-state index contributed by atoms with van der Waals surface area (Å²) < 4.78 is 10.6. The molecule has 0 amide bonds. The van der Waals surface area contributed by atoms with Gasteiger partial charge in [-0.1, -0.05) is 18.2 Å². The minimum Gasteiger partial charge on any atom is -0.497 e. The summed E-state index contributed by atoms with van der Waals surface area (Å²) in [4.78, 5) is 0. The van der Waals surface area contributed by atoms with E-state index < -0.39 is 0 Å². The first kappa shape index (κ1) is 11.2. The Morgan fingerprint density at radius 3 is 3.06 bits per heavy atom. The van der Waals surface area contributed by atoms with E-state index in [0.29, 0.717) is 12.2 Å². The second kappa shape index (κ2) is 5.17. The van der Waals surface area contributed by atoms with Crippen molar-refractivity contribution in [1.82, 2.24) is 0 Å². The van der Waals surface area contributed by atoms with Crippen LogP contribution < -0.4 is 4.74 Å². The van der Waals surface area contributed by atoms with Crippen LogP contribution in [0.15, 0.2) is 36.9 Å². The van der Waals surface area contributed by atoms with Gasteiger partial charge in [-0.15, -0.1) is 6.58 Å². The molecule has 16 heavy (non-hydrogen) atoms. The number of ether oxygens (including phenoxy) is 2. The quantitative estimate of drug-likeness (QED) is 0.541. The second-order valence-electron chi connectivity index (χ2n) is 4.12. The molecule has 0 saturated carbocycles. The lowest BCUT2D eigenvalue weighted by Gasteiger charge is -2.03. The van der Waals surface area contributed by atoms with Crippen LogP contribution in [0, 0.1) is 0 Å². The highest BCUT2D eigenvalue weighted by molar-refractivity contribution is 5.28. The van der Waals surface area contributed by atoms with E-state index in [-0.39, 0.29) is 0 Å². The van der Waals surface area contributed by atoms with Gasteiger partial charge in [0.1, 0.15) is 11.9 Å². The van der Waals surface area contributed by atoms with Crippen LogP contribution in [0.3, 0.4) is 0 Å². The Hall–Kier alpha value is -1.28. The molecule has 0 radical (unpaired) electrons. The van der Waals surface area contributed by atoms with Gasteiger partial charge < -0.3 is 9.47 Å². The minimum atomic E-state index is 0.310. The van der Waals surface area contributed by atoms with Gasteiger partial charge in [0.25, 0.3) is 0 Å². The van der Waals surface area contributed by atoms with Gasteiger partial charge in [0, 0.05) is 0 Å². The summed E-state index contributed by atoms with van der Waals surface area (Å²) in [6.45, 7) is 3.72. The first-order valence-corrected chi connectivity index (χ1v) is 5.74. The first-order chi connectivity index (χ1) is 7.83. The number of rotatable bonds is 6. The number of benzene rings is 1. The molecule has 1 fully saturated rings. The van der Waals surface area contributed by atoms with Crippen molar-refractivity contribution in [3.8, 4) is 5.75 Å². The summed E-state index contributed by atoms with van der Waals surface area (Å²) >= 11 is 0. The summed E-state index contributed by atoms with van der Waals surface area (Å²) in [5.41, 5.74) is 1.33. The molecule has 1 aliphatic heterocycles. The van der Waals surface area contributed by atoms with Crippen LogP contribution in [0.5, 0.6) is 5.75 Å². The molecule has 1 saturated heterocycles. The molecular weight excluding hydrogens is 200 g/mol. The molecule has 0 N–H and O–H groups in total. The minimum absolute atomic E-state index is 0.310. The lowest BCUT2D eigenvalue weighted by atomic mass is 10.1. The van der Waals surface area contributed by atoms with Gasteiger partial charge in [-0.2, -0.15) is 0 Å². The van der Waals surface area contributed by atoms with Gasteiger partial charge >= 0.3 is 0 Å². The fraction of sp³-hybridized carbons (Fsp3) is 0.429. The van der Waals surface area contributed by atoms with E-state index in [1.165, 1.54) is 5.56 Å². The maximum Gasteiger partial charge on any atom is 0.119 e. The van der Waals surface area contributed by atoms with Gasteiger partial charge in [0.05, 0.1) is 13.2 Å². The summed E-state index contributed by atoms with van der Waals surface area (Å²) in [5, 5.41) is 0. The maximum absolute atomic E-state index is 5.41. The van der Waals surface area contributed by atoms with Crippen LogP contribution in [-0.2, 0) is 11.2 Å². The van der Waals surface area contributed by atoms with E-state index in [9.17, 15) is 0 Å². The molecule has 1 aromatic rings. The number of aryl methyl sites for hydroxylation is 1. The predicted octanol–water partition coefficient (Wildman–Crippen LogP) is 2.97. The third-order valence-electron chi connectivity index (χ3n) is 2.94. The fourth-order valence-electron chi connectivity index (χ4n) is 1.93. The molecule has 2 atom stereocenters. The molecule has 0 aliphatic carbocycles. The standard InChI is InChI=1S/C14H18O2/c1-3-13-14(16-13)9-5-7-11-6-4-8-12(10-11)15-2/h3-4,6,8,10,13-14H,1,5,7,9H2,2H3/t13-,14-/m0/s1. The smallest absolute Gasteiger partial charge is 0.119 e. The Bertz CT molecular complexity index is 360. The van der Waals surface area contributed by atoms with Crippen LogP contribution in [0.2, 0.25) is 0 Å². The SMILES string of the molecule is C=C[C@@H]1O[C@H]1CCCc1cccc(OC)c1. The van der Waals surface area contributed by atoms with E-state index in [0.717, 1.165) is 25.0 Å². The molecule has 0 spiro atoms. The third-order valence-corrected chi connectivity index (χ3v) is 2.94. The highest BCUT2D eigenvalue weighted by atomic mass is 16.6. The van der Waals surface area contributed by atoms with Crippen molar-refractivity contribution in [2.75, 3.05) is 7.11 Å². The number of methoxy groups -OCH3 is 1. The average molecular weight is 218 g/mol. The predicted molar refractivity (Wildman–Crippen MR) is 64.8 cm³/mol. The summed E-state index contributed by atoms with van der Waals surface area (Å²) in [7, 11) is 1.70. The molecule has 2 rings (SSSR count). The molecule has 0 unspecified atom stereocenters. The normalized spacial score (nSPS) is 22.8. The second-order valence-corrected chi connectivity index (χ2v) is 4.12. The highest BCUT2D eigenvalue weighted by Gasteiger charge is 2.34. The highest BCUT2D eigenvalue weighted by Crippen LogP contribution is 2.27. The molecule has 86 valence electrons. The Morgan fingerprint density at radius 1 is 1.50 bits per heavy atom. The monoisotopic (exact) mass is 218 g/mol. The van der Waals surface area contributed by atoms with Crippen molar-refractivity contribution >= 4 is 0 Å². The number of epoxide rings is 1. The zero-order valence-corrected chi connectivity index (χ0v) is 9.69. The lowest BCUT2D eigenvalue weighted by molar-refractivity contribution is 0.375. The zero-order chi connectivity index (χ0) is 11.4. The Morgan fingerprint density at radius 2 is 2.38 bits per heavy atom. The summed E-state index contributed by atoms with van der Waals surface area (Å²) in [6, 6.07) is 8.25. The van der Waals surface area contributed by atoms with E-state index in [1.54, 1.807) is 7.11 Å². The molecule has 2 nitrogen and oxygen atoms in total. The van der Waals surface area contributed by atoms with Gasteiger partial charge in [0.15, 0.2) is 0 Å². The van der Waals surface area contributed by atoms with Crippen LogP contribution in [-0.4, -0.2) is 19.3 Å². The van der Waals surface area contributed by atoms with Crippen LogP contribution in [0.4, 0.5) is 0 Å². The maximum atomic E-state index is 5.41. The van der Waals surface area contributed by atoms with Crippen LogP contribution in [0.1, 0.15) is 18.4 Å². The molecular formula is C14H18O2. The van der Waals surface area contributed by atoms with Crippen molar-refractivity contribution in [2.24, 2.45) is 0 Å². The molecule has 1 aromatic carbocycles. The summed E-state index contributed by atoms with van der Waals surface area (Å²) in [5.74, 6) is 0.934. The van der Waals surface area contributed by atoms with Crippen molar-refractivity contribution in [3.63, 3.8) is 0 Å². The van der Waals surface area contributed by atoms with Crippen molar-refractivity contribution < 1.29 is 9.47 Å². The summed E-state index contributed by atoms with van der Waals surface area (Å²) in [6.07, 6.45) is 5.97. The lowest BCUT2D eigenvalue weighted by Crippen LogP contribution is -1.93. The average Bonchev–Trinajstić information content (AvgIpc) is 3.08. The van der Waals surface area contributed by atoms with Crippen molar-refractivity contribution in [1.29, 1.82) is 0 Å². The molecule has 1 heterocycles. The van der Waals surface area contributed by atoms with Gasteiger partial charge in [-0.25, -0.2) is 0 Å². The van der Waals surface area contributed by atoms with E-state index in [1.807, 2.05) is 18.2 Å². The Labute approximate surface area is 96.9 Å². The van der Waals surface area contributed by atoms with Crippen LogP contribution >= 0.6 is 0 Å². The zero-order valence-electron chi connectivity index (χ0n) is 9.69. The largest absolute Gasteiger partial charge is 0.497 e. The van der Waals surface area contributed by atoms with Crippen LogP contribution in [0.25, 0.3) is 0 Å². The first-order valence-electron chi connectivity index (χ1n) is 5.74. The van der Waals surface area contributed by atoms with E-state index >= 15 is 0 Å². The Balaban J connectivity index is 1.74. The van der Waals surface area contributed by atoms with E-state index in [2.05, 4.69) is 18.7 Å². The topological polar surface area (TPSA) is 21.8 Å². The van der Waals surface area contributed by atoms with E-state index in [4.69, 9.17) is 9.47 Å². The Kier molecular flexibility index (Phi) is 3.62. The van der Waals surface area contributed by atoms with Crippen molar-refractivity contribution in [3.05, 3.63) is 42.5 Å². The van der Waals surface area contributed by atoms with Gasteiger partial charge in [-0.05, 0) is 37.0 Å². The molecule has 0 bridgehead atoms. The fourth-order valence-corrected chi connectivity index (χ4v) is 1.93. The molecule has 1 aliphatic rings. The third kappa shape index (κ3) is 2.86. The molecule has 0 aromatic heterocycles. The van der Waals surface area contributed by atoms with Gasteiger partial charge in [0.2, 0.25) is 0 Å². The van der Waals surface area contributed by atoms with Crippen molar-refractivity contribution in [2.45, 2.75) is 31.5 Å². The van der Waals surface area contributed by atoms with Gasteiger partial charge in [-0.3, -0.25) is 0 Å². The number of hydrogen-bond donors (Lipinski definition) is 0. The number of hydrogen-bond acceptors (Lipinski definition) is 2. The molecule has 2 heteroatoms.